The monoisotopic (exact) mass is 416 g/mol. The van der Waals surface area contributed by atoms with Crippen molar-refractivity contribution < 1.29 is 60.7 Å². The van der Waals surface area contributed by atoms with Gasteiger partial charge in [-0.2, -0.15) is 0 Å². The number of nitrogens with one attached hydrogen (secondary N) is 2. The molecule has 0 bridgehead atoms. The molecule has 28 heavy (non-hydrogen) atoms. The number of rotatable bonds is 13. The molecule has 0 aliphatic carbocycles. The second kappa shape index (κ2) is 11.5. The van der Waals surface area contributed by atoms with E-state index in [-0.39, 0.29) is 0 Å². The number of amides is 2. The van der Waals surface area contributed by atoms with Gasteiger partial charge in [0.25, 0.3) is 11.8 Å². The van der Waals surface area contributed by atoms with Crippen LogP contribution in [0.3, 0.4) is 0 Å². The van der Waals surface area contributed by atoms with Crippen LogP contribution in [-0.2, 0) is 9.59 Å². The van der Waals surface area contributed by atoms with Crippen molar-refractivity contribution in [3.05, 3.63) is 0 Å². The Morgan fingerprint density at radius 3 is 0.964 bits per heavy atom. The van der Waals surface area contributed by atoms with Crippen molar-refractivity contribution in [2.75, 3.05) is 39.6 Å². The summed E-state index contributed by atoms with van der Waals surface area (Å²) in [6.07, 6.45) is -9.80. The van der Waals surface area contributed by atoms with Crippen molar-refractivity contribution in [1.82, 2.24) is 10.6 Å². The molecule has 0 radical (unpaired) electrons. The molecule has 12 N–H and O–H groups in total. The lowest BCUT2D eigenvalue weighted by molar-refractivity contribution is -0.159. The quantitative estimate of drug-likeness (QED) is 0.134. The van der Waals surface area contributed by atoms with Gasteiger partial charge < -0.3 is 61.7 Å². The van der Waals surface area contributed by atoms with E-state index in [9.17, 15) is 30.0 Å². The number of aliphatic hydroxyl groups is 10. The van der Waals surface area contributed by atoms with Gasteiger partial charge in [0.1, 0.15) is 23.3 Å². The lowest BCUT2D eigenvalue weighted by Gasteiger charge is -2.33. The summed E-state index contributed by atoms with van der Waals surface area (Å²) >= 11 is 0. The molecule has 0 aromatic carbocycles. The first kappa shape index (κ1) is 26.5. The van der Waals surface area contributed by atoms with Crippen LogP contribution in [-0.4, -0.2) is 138 Å². The third-order valence-corrected chi connectivity index (χ3v) is 4.13. The van der Waals surface area contributed by atoms with Crippen molar-refractivity contribution in [2.45, 2.75) is 35.5 Å². The van der Waals surface area contributed by atoms with E-state index >= 15 is 0 Å². The molecule has 0 saturated carbocycles. The van der Waals surface area contributed by atoms with Crippen LogP contribution in [0.5, 0.6) is 0 Å². The van der Waals surface area contributed by atoms with Crippen LogP contribution < -0.4 is 10.6 Å². The maximum atomic E-state index is 11.9. The standard InChI is InChI=1S/C14H28N2O12/c17-1-13(2-18,3-19)15-11(27)9(25)7(23)8(24)10(26)12(28)16-14(4-20,5-21)6-22/h7-10,17-26H,1-6H2,(H,15,27)(H,16,28)/t7-,8+,9+,10-. The highest BCUT2D eigenvalue weighted by Gasteiger charge is 2.41. The molecule has 0 rings (SSSR count). The molecule has 14 heteroatoms. The van der Waals surface area contributed by atoms with Gasteiger partial charge in [-0.1, -0.05) is 0 Å². The molecule has 0 saturated heterocycles. The minimum Gasteiger partial charge on any atom is -0.394 e. The normalized spacial score (nSPS) is 16.8. The highest BCUT2D eigenvalue weighted by atomic mass is 16.4. The van der Waals surface area contributed by atoms with Crippen LogP contribution >= 0.6 is 0 Å². The molecule has 0 aromatic heterocycles. The summed E-state index contributed by atoms with van der Waals surface area (Å²) in [7, 11) is 0. The van der Waals surface area contributed by atoms with Crippen molar-refractivity contribution >= 4 is 11.8 Å². The first-order chi connectivity index (χ1) is 13.0. The maximum absolute atomic E-state index is 11.9. The van der Waals surface area contributed by atoms with Gasteiger partial charge in [0.2, 0.25) is 0 Å². The predicted molar refractivity (Wildman–Crippen MR) is 88.3 cm³/mol. The Hall–Kier alpha value is -1.46. The van der Waals surface area contributed by atoms with Crippen molar-refractivity contribution in [1.29, 1.82) is 0 Å². The average Bonchev–Trinajstić information content (AvgIpc) is 2.73. The summed E-state index contributed by atoms with van der Waals surface area (Å²) in [6.45, 7) is -5.62. The Morgan fingerprint density at radius 1 is 0.571 bits per heavy atom. The third-order valence-electron chi connectivity index (χ3n) is 4.13. The van der Waals surface area contributed by atoms with Gasteiger partial charge in [0.15, 0.2) is 12.2 Å². The molecule has 0 unspecified atom stereocenters. The maximum Gasteiger partial charge on any atom is 0.252 e. The minimum absolute atomic E-state index is 0.937. The SMILES string of the molecule is O=C(NC(CO)(CO)CO)[C@@H](O)[C@H](O)[C@H](O)[C@@H](O)C(=O)NC(CO)(CO)CO. The van der Waals surface area contributed by atoms with Gasteiger partial charge >= 0.3 is 0 Å². The number of hydrogen-bond acceptors (Lipinski definition) is 12. The van der Waals surface area contributed by atoms with Crippen LogP contribution in [0.1, 0.15) is 0 Å². The van der Waals surface area contributed by atoms with E-state index < -0.39 is 86.9 Å². The molecule has 0 heterocycles. The lowest BCUT2D eigenvalue weighted by Crippen LogP contribution is -2.63. The number of aliphatic hydroxyl groups excluding tert-OH is 10. The van der Waals surface area contributed by atoms with Crippen molar-refractivity contribution in [3.8, 4) is 0 Å². The fourth-order valence-corrected chi connectivity index (χ4v) is 1.89. The summed E-state index contributed by atoms with van der Waals surface area (Å²) in [4.78, 5) is 23.8. The lowest BCUT2D eigenvalue weighted by atomic mass is 9.97. The zero-order valence-electron chi connectivity index (χ0n) is 14.8. The third kappa shape index (κ3) is 6.28. The Balaban J connectivity index is 5.14. The summed E-state index contributed by atoms with van der Waals surface area (Å²) in [5.41, 5.74) is -3.89. The van der Waals surface area contributed by atoms with E-state index in [0.717, 1.165) is 0 Å². The molecular weight excluding hydrogens is 388 g/mol. The largest absolute Gasteiger partial charge is 0.394 e. The molecule has 0 fully saturated rings. The highest BCUT2D eigenvalue weighted by Crippen LogP contribution is 2.10. The van der Waals surface area contributed by atoms with Crippen LogP contribution in [0.2, 0.25) is 0 Å². The molecule has 14 nitrogen and oxygen atoms in total. The van der Waals surface area contributed by atoms with E-state index in [1.54, 1.807) is 0 Å². The number of carbonyl (C=O) groups excluding carboxylic acids is 2. The summed E-state index contributed by atoms with van der Waals surface area (Å²) in [5, 5.41) is 97.6. The zero-order valence-corrected chi connectivity index (χ0v) is 14.8. The molecule has 0 spiro atoms. The Kier molecular flexibility index (Phi) is 10.9. The second-order valence-corrected chi connectivity index (χ2v) is 6.36. The molecule has 0 aromatic rings. The number of carbonyl (C=O) groups is 2. The summed E-state index contributed by atoms with van der Waals surface area (Å²) in [5.74, 6) is -2.90. The molecule has 0 aliphatic rings. The van der Waals surface area contributed by atoms with Gasteiger partial charge in [-0.3, -0.25) is 9.59 Å². The average molecular weight is 416 g/mol. The molecule has 166 valence electrons. The molecule has 0 aliphatic heterocycles. The first-order valence-corrected chi connectivity index (χ1v) is 8.04. The minimum atomic E-state index is -2.46. The summed E-state index contributed by atoms with van der Waals surface area (Å²) in [6, 6.07) is 0. The fraction of sp³-hybridized carbons (Fsp3) is 0.857. The zero-order chi connectivity index (χ0) is 22.1. The van der Waals surface area contributed by atoms with Crippen LogP contribution in [0.25, 0.3) is 0 Å². The van der Waals surface area contributed by atoms with Gasteiger partial charge in [-0.05, 0) is 0 Å². The first-order valence-electron chi connectivity index (χ1n) is 8.04. The van der Waals surface area contributed by atoms with Crippen LogP contribution in [0.15, 0.2) is 0 Å². The van der Waals surface area contributed by atoms with Crippen LogP contribution in [0, 0.1) is 0 Å². The Morgan fingerprint density at radius 2 is 0.786 bits per heavy atom. The van der Waals surface area contributed by atoms with Gasteiger partial charge in [0, 0.05) is 0 Å². The van der Waals surface area contributed by atoms with E-state index in [0.29, 0.717) is 0 Å². The van der Waals surface area contributed by atoms with Crippen molar-refractivity contribution in [2.24, 2.45) is 0 Å². The van der Waals surface area contributed by atoms with E-state index in [1.165, 1.54) is 0 Å². The molecule has 4 atom stereocenters. The van der Waals surface area contributed by atoms with E-state index in [4.69, 9.17) is 30.6 Å². The topological polar surface area (TPSA) is 260 Å². The van der Waals surface area contributed by atoms with Gasteiger partial charge in [-0.15, -0.1) is 0 Å². The Labute approximate surface area is 159 Å². The molecular formula is C14H28N2O12. The van der Waals surface area contributed by atoms with E-state index in [1.807, 2.05) is 10.6 Å². The smallest absolute Gasteiger partial charge is 0.252 e. The Bertz CT molecular complexity index is 436. The van der Waals surface area contributed by atoms with Gasteiger partial charge in [-0.25, -0.2) is 0 Å². The highest BCUT2D eigenvalue weighted by molar-refractivity contribution is 5.84. The van der Waals surface area contributed by atoms with Gasteiger partial charge in [0.05, 0.1) is 39.6 Å². The number of hydrogen-bond donors (Lipinski definition) is 12. The molecule has 2 amide bonds. The van der Waals surface area contributed by atoms with Crippen molar-refractivity contribution in [3.63, 3.8) is 0 Å². The fourth-order valence-electron chi connectivity index (χ4n) is 1.89. The van der Waals surface area contributed by atoms with Crippen LogP contribution in [0.4, 0.5) is 0 Å². The predicted octanol–water partition coefficient (Wildman–Crippen LogP) is -7.91. The second-order valence-electron chi connectivity index (χ2n) is 6.36. The summed E-state index contributed by atoms with van der Waals surface area (Å²) < 4.78 is 0. The van der Waals surface area contributed by atoms with E-state index in [2.05, 4.69) is 0 Å².